The molecular formula is C26H32N2O3. The summed E-state index contributed by atoms with van der Waals surface area (Å²) in [6.45, 7) is 7.19. The summed E-state index contributed by atoms with van der Waals surface area (Å²) in [6, 6.07) is 18.6. The molecule has 0 amide bonds. The molecule has 1 atom stereocenters. The van der Waals surface area contributed by atoms with Gasteiger partial charge < -0.3 is 19.7 Å². The summed E-state index contributed by atoms with van der Waals surface area (Å²) in [6.07, 6.45) is 1.99. The van der Waals surface area contributed by atoms with Crippen LogP contribution in [0.1, 0.15) is 51.8 Å². The highest BCUT2D eigenvalue weighted by Gasteiger charge is 2.23. The molecular weight excluding hydrogens is 388 g/mol. The van der Waals surface area contributed by atoms with Gasteiger partial charge in [0.05, 0.1) is 12.7 Å². The highest BCUT2D eigenvalue weighted by atomic mass is 16.5. The number of methoxy groups -OCH3 is 1. The second-order valence-electron chi connectivity index (χ2n) is 8.07. The number of aromatic carboxylic acids is 1. The van der Waals surface area contributed by atoms with Gasteiger partial charge in [0.2, 0.25) is 0 Å². The zero-order valence-corrected chi connectivity index (χ0v) is 18.8. The molecule has 0 spiro atoms. The summed E-state index contributed by atoms with van der Waals surface area (Å²) in [7, 11) is 1.65. The molecule has 0 aliphatic heterocycles. The van der Waals surface area contributed by atoms with Crippen LogP contribution in [-0.2, 0) is 19.5 Å². The summed E-state index contributed by atoms with van der Waals surface area (Å²) in [4.78, 5) is 12.1. The maximum Gasteiger partial charge on any atom is 0.337 e. The molecule has 5 heteroatoms. The van der Waals surface area contributed by atoms with Gasteiger partial charge in [0.15, 0.2) is 0 Å². The first kappa shape index (κ1) is 22.6. The van der Waals surface area contributed by atoms with Gasteiger partial charge in [-0.2, -0.15) is 0 Å². The predicted octanol–water partition coefficient (Wildman–Crippen LogP) is 4.97. The molecule has 0 radical (unpaired) electrons. The monoisotopic (exact) mass is 420 g/mol. The van der Waals surface area contributed by atoms with E-state index in [1.54, 1.807) is 7.11 Å². The number of aromatic nitrogens is 1. The van der Waals surface area contributed by atoms with Crippen LogP contribution in [0.4, 0.5) is 0 Å². The second-order valence-corrected chi connectivity index (χ2v) is 8.07. The molecule has 0 saturated heterocycles. The molecule has 1 aromatic heterocycles. The number of ether oxygens (including phenoxy) is 1. The number of rotatable bonds is 10. The number of carboxylic acids is 1. The molecule has 5 nitrogen and oxygen atoms in total. The Morgan fingerprint density at radius 1 is 1.06 bits per heavy atom. The quantitative estimate of drug-likeness (QED) is 0.486. The number of carbonyl (C=O) groups is 1. The van der Waals surface area contributed by atoms with Gasteiger partial charge >= 0.3 is 5.97 Å². The molecule has 3 aromatic rings. The minimum absolute atomic E-state index is 0.281. The van der Waals surface area contributed by atoms with Crippen LogP contribution in [0.2, 0.25) is 0 Å². The highest BCUT2D eigenvalue weighted by molar-refractivity contribution is 5.91. The summed E-state index contributed by atoms with van der Waals surface area (Å²) in [5, 5.41) is 13.4. The number of hydrogen-bond donors (Lipinski definition) is 2. The van der Waals surface area contributed by atoms with Crippen molar-refractivity contribution in [2.75, 3.05) is 7.11 Å². The first-order valence-corrected chi connectivity index (χ1v) is 10.7. The molecule has 0 bridgehead atoms. The number of nitrogens with zero attached hydrogens (tertiary/aromatic N) is 1. The van der Waals surface area contributed by atoms with Gasteiger partial charge in [0, 0.05) is 36.1 Å². The molecule has 164 valence electrons. The molecule has 0 aliphatic carbocycles. The molecule has 2 aromatic carbocycles. The third kappa shape index (κ3) is 5.56. The Bertz CT molecular complexity index is 1020. The Morgan fingerprint density at radius 3 is 2.45 bits per heavy atom. The van der Waals surface area contributed by atoms with Crippen LogP contribution >= 0.6 is 0 Å². The van der Waals surface area contributed by atoms with Crippen molar-refractivity contribution in [3.8, 4) is 5.75 Å². The Morgan fingerprint density at radius 2 is 1.77 bits per heavy atom. The van der Waals surface area contributed by atoms with E-state index in [1.807, 2.05) is 44.2 Å². The zero-order valence-electron chi connectivity index (χ0n) is 18.8. The van der Waals surface area contributed by atoms with Crippen LogP contribution in [0.5, 0.6) is 5.75 Å². The minimum Gasteiger partial charge on any atom is -0.497 e. The summed E-state index contributed by atoms with van der Waals surface area (Å²) in [5.74, 6) is -0.0775. The number of hydrogen-bond acceptors (Lipinski definition) is 3. The van der Waals surface area contributed by atoms with Gasteiger partial charge in [-0.05, 0) is 56.9 Å². The van der Waals surface area contributed by atoms with Crippen molar-refractivity contribution in [1.29, 1.82) is 0 Å². The van der Waals surface area contributed by atoms with E-state index in [4.69, 9.17) is 4.74 Å². The number of aryl methyl sites for hydroxylation is 1. The number of carboxylic acid groups (broad SMARTS) is 1. The lowest BCUT2D eigenvalue weighted by Crippen LogP contribution is -2.27. The Hall–Kier alpha value is -3.05. The SMILES string of the molecule is COc1cccc(Cn2c(C)c(CNC(C)CCc3ccccc3)c(C(=O)O)c2C)c1. The Kier molecular flexibility index (Phi) is 7.53. The normalized spacial score (nSPS) is 12.0. The average Bonchev–Trinajstić information content (AvgIpc) is 3.01. The van der Waals surface area contributed by atoms with Gasteiger partial charge in [-0.25, -0.2) is 4.79 Å². The largest absolute Gasteiger partial charge is 0.497 e. The van der Waals surface area contributed by atoms with Crippen molar-refractivity contribution in [3.05, 3.63) is 88.2 Å². The van der Waals surface area contributed by atoms with Crippen LogP contribution in [0, 0.1) is 13.8 Å². The van der Waals surface area contributed by atoms with Crippen LogP contribution in [0.3, 0.4) is 0 Å². The van der Waals surface area contributed by atoms with Crippen molar-refractivity contribution in [1.82, 2.24) is 9.88 Å². The lowest BCUT2D eigenvalue weighted by atomic mass is 10.1. The maximum atomic E-state index is 12.1. The third-order valence-electron chi connectivity index (χ3n) is 5.93. The van der Waals surface area contributed by atoms with Gasteiger partial charge in [0.1, 0.15) is 5.75 Å². The highest BCUT2D eigenvalue weighted by Crippen LogP contribution is 2.25. The standard InChI is InChI=1S/C26H32N2O3/c1-18(13-14-21-9-6-5-7-10-21)27-16-24-19(2)28(20(3)25(24)26(29)30)17-22-11-8-12-23(15-22)31-4/h5-12,15,18,27H,13-14,16-17H2,1-4H3,(H,29,30). The van der Waals surface area contributed by atoms with Crippen molar-refractivity contribution in [2.45, 2.75) is 52.7 Å². The molecule has 0 saturated carbocycles. The molecule has 0 aliphatic rings. The van der Waals surface area contributed by atoms with Crippen LogP contribution in [-0.4, -0.2) is 28.8 Å². The number of benzene rings is 2. The van der Waals surface area contributed by atoms with E-state index in [2.05, 4.69) is 41.1 Å². The average molecular weight is 421 g/mol. The van der Waals surface area contributed by atoms with E-state index >= 15 is 0 Å². The van der Waals surface area contributed by atoms with Crippen molar-refractivity contribution >= 4 is 5.97 Å². The van der Waals surface area contributed by atoms with Crippen molar-refractivity contribution in [3.63, 3.8) is 0 Å². The van der Waals surface area contributed by atoms with Gasteiger partial charge in [-0.3, -0.25) is 0 Å². The van der Waals surface area contributed by atoms with Gasteiger partial charge in [0.25, 0.3) is 0 Å². The van der Waals surface area contributed by atoms with Gasteiger partial charge in [-0.15, -0.1) is 0 Å². The van der Waals surface area contributed by atoms with E-state index in [0.717, 1.165) is 41.1 Å². The van der Waals surface area contributed by atoms with E-state index < -0.39 is 5.97 Å². The summed E-state index contributed by atoms with van der Waals surface area (Å²) >= 11 is 0. The second kappa shape index (κ2) is 10.3. The lowest BCUT2D eigenvalue weighted by Gasteiger charge is -2.15. The maximum absolute atomic E-state index is 12.1. The van der Waals surface area contributed by atoms with Crippen LogP contribution in [0.25, 0.3) is 0 Å². The predicted molar refractivity (Wildman–Crippen MR) is 124 cm³/mol. The fourth-order valence-corrected chi connectivity index (χ4v) is 4.05. The summed E-state index contributed by atoms with van der Waals surface area (Å²) < 4.78 is 7.41. The Balaban J connectivity index is 1.74. The van der Waals surface area contributed by atoms with E-state index in [9.17, 15) is 9.90 Å². The molecule has 1 heterocycles. The van der Waals surface area contributed by atoms with Crippen LogP contribution < -0.4 is 10.1 Å². The molecule has 3 rings (SSSR count). The van der Waals surface area contributed by atoms with E-state index in [1.165, 1.54) is 5.56 Å². The van der Waals surface area contributed by atoms with Crippen molar-refractivity contribution in [2.24, 2.45) is 0 Å². The fraction of sp³-hybridized carbons (Fsp3) is 0.346. The molecule has 0 fully saturated rings. The number of nitrogens with one attached hydrogen (secondary N) is 1. The van der Waals surface area contributed by atoms with Crippen LogP contribution in [0.15, 0.2) is 54.6 Å². The lowest BCUT2D eigenvalue weighted by molar-refractivity contribution is 0.0694. The topological polar surface area (TPSA) is 63.5 Å². The van der Waals surface area contributed by atoms with E-state index in [-0.39, 0.29) is 6.04 Å². The molecule has 31 heavy (non-hydrogen) atoms. The fourth-order valence-electron chi connectivity index (χ4n) is 4.05. The third-order valence-corrected chi connectivity index (χ3v) is 5.93. The molecule has 1 unspecified atom stereocenters. The van der Waals surface area contributed by atoms with Crippen molar-refractivity contribution < 1.29 is 14.6 Å². The smallest absolute Gasteiger partial charge is 0.337 e. The first-order chi connectivity index (χ1) is 14.9. The van der Waals surface area contributed by atoms with E-state index in [0.29, 0.717) is 18.7 Å². The first-order valence-electron chi connectivity index (χ1n) is 10.7. The minimum atomic E-state index is -0.876. The Labute approximate surface area is 184 Å². The molecule has 2 N–H and O–H groups in total. The summed E-state index contributed by atoms with van der Waals surface area (Å²) in [5.41, 5.74) is 5.43. The van der Waals surface area contributed by atoms with Gasteiger partial charge in [-0.1, -0.05) is 42.5 Å². The zero-order chi connectivity index (χ0) is 22.4.